The molecule has 1 aromatic heterocycles. The standard InChI is InChI=1S/C30H26F3N3O5/c1-29(2,3)23(28(39)40)36-25(37)19-11-9-17(10-12-19)18-13-15-21(16-14-18)34-26(38)22-24(30(31,32)33)41-27(35-22)20-7-5-4-6-8-20/h4-16,23H,1-3H3,(H,34,38)(H,36,37)(H,39,40). The van der Waals surface area contributed by atoms with Crippen molar-refractivity contribution in [2.24, 2.45) is 5.41 Å². The van der Waals surface area contributed by atoms with Crippen molar-refractivity contribution in [2.75, 3.05) is 5.32 Å². The van der Waals surface area contributed by atoms with E-state index in [0.29, 0.717) is 16.7 Å². The second kappa shape index (κ2) is 11.3. The van der Waals surface area contributed by atoms with Gasteiger partial charge in [-0.3, -0.25) is 9.59 Å². The maximum Gasteiger partial charge on any atom is 0.452 e. The number of carboxylic acids is 1. The number of anilines is 1. The molecule has 0 aliphatic rings. The van der Waals surface area contributed by atoms with Gasteiger partial charge in [-0.1, -0.05) is 63.2 Å². The summed E-state index contributed by atoms with van der Waals surface area (Å²) in [6.07, 6.45) is -4.93. The first-order chi connectivity index (χ1) is 19.2. The van der Waals surface area contributed by atoms with Crippen LogP contribution in [-0.4, -0.2) is 33.9 Å². The third-order valence-corrected chi connectivity index (χ3v) is 6.13. The van der Waals surface area contributed by atoms with E-state index in [1.807, 2.05) is 0 Å². The Morgan fingerprint density at radius 2 is 1.37 bits per heavy atom. The largest absolute Gasteiger partial charge is 0.480 e. The van der Waals surface area contributed by atoms with Gasteiger partial charge in [-0.15, -0.1) is 0 Å². The SMILES string of the molecule is CC(C)(C)C(NC(=O)c1ccc(-c2ccc(NC(=O)c3nc(-c4ccccc4)oc3C(F)(F)F)cc2)cc1)C(=O)O. The Hall–Kier alpha value is -4.93. The van der Waals surface area contributed by atoms with Crippen LogP contribution in [0.2, 0.25) is 0 Å². The third kappa shape index (κ3) is 6.81. The topological polar surface area (TPSA) is 122 Å². The monoisotopic (exact) mass is 565 g/mol. The van der Waals surface area contributed by atoms with Gasteiger partial charge in [0.1, 0.15) is 6.04 Å². The number of oxazole rings is 1. The Kier molecular flexibility index (Phi) is 8.00. The number of halogens is 3. The molecular weight excluding hydrogens is 539 g/mol. The van der Waals surface area contributed by atoms with Crippen LogP contribution in [0, 0.1) is 5.41 Å². The third-order valence-electron chi connectivity index (χ3n) is 6.13. The molecule has 0 aliphatic carbocycles. The smallest absolute Gasteiger partial charge is 0.452 e. The fraction of sp³-hybridized carbons (Fsp3) is 0.200. The summed E-state index contributed by atoms with van der Waals surface area (Å²) < 4.78 is 45.7. The quantitative estimate of drug-likeness (QED) is 0.235. The number of hydrogen-bond acceptors (Lipinski definition) is 5. The Morgan fingerprint density at radius 3 is 1.88 bits per heavy atom. The Balaban J connectivity index is 1.48. The minimum Gasteiger partial charge on any atom is -0.480 e. The van der Waals surface area contributed by atoms with Gasteiger partial charge in [-0.2, -0.15) is 13.2 Å². The second-order valence-corrected chi connectivity index (χ2v) is 10.3. The molecule has 1 heterocycles. The van der Waals surface area contributed by atoms with E-state index in [1.54, 1.807) is 75.4 Å². The molecule has 0 aliphatic heterocycles. The summed E-state index contributed by atoms with van der Waals surface area (Å²) in [6.45, 7) is 5.14. The van der Waals surface area contributed by atoms with E-state index in [1.165, 1.54) is 24.3 Å². The maximum absolute atomic E-state index is 13.6. The van der Waals surface area contributed by atoms with E-state index in [-0.39, 0.29) is 17.1 Å². The van der Waals surface area contributed by atoms with Crippen LogP contribution in [0.15, 0.2) is 83.3 Å². The number of carbonyl (C=O) groups excluding carboxylic acids is 2. The Morgan fingerprint density at radius 1 is 0.805 bits per heavy atom. The fourth-order valence-corrected chi connectivity index (χ4v) is 3.98. The van der Waals surface area contributed by atoms with Crippen molar-refractivity contribution in [1.29, 1.82) is 0 Å². The van der Waals surface area contributed by atoms with Crippen LogP contribution >= 0.6 is 0 Å². The molecule has 212 valence electrons. The molecule has 1 unspecified atom stereocenters. The molecule has 2 amide bonds. The van der Waals surface area contributed by atoms with Crippen molar-refractivity contribution in [3.05, 3.63) is 95.9 Å². The van der Waals surface area contributed by atoms with Crippen LogP contribution in [0.1, 0.15) is 47.4 Å². The number of benzene rings is 3. The van der Waals surface area contributed by atoms with Crippen molar-refractivity contribution >= 4 is 23.5 Å². The molecule has 8 nitrogen and oxygen atoms in total. The zero-order valence-corrected chi connectivity index (χ0v) is 22.2. The molecule has 41 heavy (non-hydrogen) atoms. The van der Waals surface area contributed by atoms with Crippen molar-refractivity contribution < 1.29 is 37.1 Å². The van der Waals surface area contributed by atoms with Crippen molar-refractivity contribution in [3.63, 3.8) is 0 Å². The number of aromatic nitrogens is 1. The lowest BCUT2D eigenvalue weighted by Crippen LogP contribution is -2.49. The lowest BCUT2D eigenvalue weighted by molar-refractivity contribution is -0.153. The lowest BCUT2D eigenvalue weighted by atomic mass is 9.86. The van der Waals surface area contributed by atoms with Gasteiger partial charge in [0.05, 0.1) is 0 Å². The van der Waals surface area contributed by atoms with Crippen LogP contribution in [0.25, 0.3) is 22.6 Å². The van der Waals surface area contributed by atoms with Gasteiger partial charge in [0, 0.05) is 16.8 Å². The zero-order chi connectivity index (χ0) is 29.9. The summed E-state index contributed by atoms with van der Waals surface area (Å²) in [7, 11) is 0. The number of carbonyl (C=O) groups is 3. The average molecular weight is 566 g/mol. The summed E-state index contributed by atoms with van der Waals surface area (Å²) in [5.74, 6) is -4.57. The molecule has 11 heteroatoms. The molecule has 0 spiro atoms. The number of nitrogens with zero attached hydrogens (tertiary/aromatic N) is 1. The van der Waals surface area contributed by atoms with E-state index in [2.05, 4.69) is 15.6 Å². The fourth-order valence-electron chi connectivity index (χ4n) is 3.98. The predicted octanol–water partition coefficient (Wildman–Crippen LogP) is 6.51. The van der Waals surface area contributed by atoms with Crippen molar-refractivity contribution in [1.82, 2.24) is 10.3 Å². The second-order valence-electron chi connectivity index (χ2n) is 10.3. The van der Waals surface area contributed by atoms with E-state index in [9.17, 15) is 32.7 Å². The number of hydrogen-bond donors (Lipinski definition) is 3. The summed E-state index contributed by atoms with van der Waals surface area (Å²) in [5.41, 5.74) is 0.646. The highest BCUT2D eigenvalue weighted by molar-refractivity contribution is 6.04. The van der Waals surface area contributed by atoms with Gasteiger partial charge in [-0.05, 0) is 52.9 Å². The van der Waals surface area contributed by atoms with Crippen molar-refractivity contribution in [2.45, 2.75) is 33.0 Å². The minimum absolute atomic E-state index is 0.231. The summed E-state index contributed by atoms with van der Waals surface area (Å²) >= 11 is 0. The van der Waals surface area contributed by atoms with E-state index >= 15 is 0 Å². The molecule has 0 saturated heterocycles. The molecule has 3 aromatic carbocycles. The van der Waals surface area contributed by atoms with Gasteiger partial charge in [0.25, 0.3) is 11.8 Å². The number of amides is 2. The highest BCUT2D eigenvalue weighted by Crippen LogP contribution is 2.35. The van der Waals surface area contributed by atoms with Crippen LogP contribution in [0.5, 0.6) is 0 Å². The van der Waals surface area contributed by atoms with Gasteiger partial charge in [0.15, 0.2) is 5.69 Å². The normalized spacial score (nSPS) is 12.4. The van der Waals surface area contributed by atoms with Gasteiger partial charge in [0.2, 0.25) is 11.7 Å². The van der Waals surface area contributed by atoms with E-state index in [0.717, 1.165) is 0 Å². The van der Waals surface area contributed by atoms with Gasteiger partial charge >= 0.3 is 12.1 Å². The van der Waals surface area contributed by atoms with Crippen LogP contribution in [0.4, 0.5) is 18.9 Å². The average Bonchev–Trinajstić information content (AvgIpc) is 3.39. The number of aliphatic carboxylic acids is 1. The number of alkyl halides is 3. The first kappa shape index (κ1) is 29.1. The summed E-state index contributed by atoms with van der Waals surface area (Å²) in [5, 5.41) is 14.4. The first-order valence-electron chi connectivity index (χ1n) is 12.4. The zero-order valence-electron chi connectivity index (χ0n) is 22.2. The molecule has 0 bridgehead atoms. The predicted molar refractivity (Wildman–Crippen MR) is 145 cm³/mol. The number of rotatable bonds is 7. The first-order valence-corrected chi connectivity index (χ1v) is 12.4. The molecule has 4 rings (SSSR count). The summed E-state index contributed by atoms with van der Waals surface area (Å²) in [4.78, 5) is 40.7. The molecule has 0 fully saturated rings. The van der Waals surface area contributed by atoms with Gasteiger partial charge in [-0.25, -0.2) is 9.78 Å². The highest BCUT2D eigenvalue weighted by atomic mass is 19.4. The molecular formula is C30H26F3N3O5. The molecule has 1 atom stereocenters. The van der Waals surface area contributed by atoms with Gasteiger partial charge < -0.3 is 20.2 Å². The Labute approximate surface area is 233 Å². The van der Waals surface area contributed by atoms with Crippen LogP contribution < -0.4 is 10.6 Å². The molecule has 3 N–H and O–H groups in total. The van der Waals surface area contributed by atoms with Crippen LogP contribution in [-0.2, 0) is 11.0 Å². The van der Waals surface area contributed by atoms with E-state index < -0.39 is 46.9 Å². The molecule has 0 saturated carbocycles. The maximum atomic E-state index is 13.6. The number of nitrogens with one attached hydrogen (secondary N) is 2. The van der Waals surface area contributed by atoms with Crippen LogP contribution in [0.3, 0.4) is 0 Å². The highest BCUT2D eigenvalue weighted by Gasteiger charge is 2.42. The minimum atomic E-state index is -4.93. The van der Waals surface area contributed by atoms with Crippen molar-refractivity contribution in [3.8, 4) is 22.6 Å². The molecule has 4 aromatic rings. The van der Waals surface area contributed by atoms with E-state index in [4.69, 9.17) is 4.42 Å². The lowest BCUT2D eigenvalue weighted by Gasteiger charge is -2.27. The Bertz CT molecular complexity index is 1560. The number of carboxylic acid groups (broad SMARTS) is 1. The molecule has 0 radical (unpaired) electrons. The summed E-state index contributed by atoms with van der Waals surface area (Å²) in [6, 6.07) is 19.6.